The molecule has 1 saturated heterocycles. The van der Waals surface area contributed by atoms with Gasteiger partial charge in [-0.25, -0.2) is 8.42 Å². The number of hydrogen-bond acceptors (Lipinski definition) is 3. The highest BCUT2D eigenvalue weighted by molar-refractivity contribution is 9.10. The van der Waals surface area contributed by atoms with E-state index in [9.17, 15) is 8.42 Å². The second-order valence-corrected chi connectivity index (χ2v) is 8.28. The number of aryl methyl sites for hydroxylation is 1. The molecular weight excluding hydrogens is 376 g/mol. The lowest BCUT2D eigenvalue weighted by molar-refractivity contribution is 0.211. The molecule has 1 aromatic rings. The maximum absolute atomic E-state index is 12.8. The molecule has 120 valence electrons. The Morgan fingerprint density at radius 3 is 2.67 bits per heavy atom. The van der Waals surface area contributed by atoms with E-state index in [-0.39, 0.29) is 18.4 Å². The van der Waals surface area contributed by atoms with E-state index in [2.05, 4.69) is 22.9 Å². The smallest absolute Gasteiger partial charge is 0.244 e. The van der Waals surface area contributed by atoms with Crippen LogP contribution in [-0.2, 0) is 10.0 Å². The van der Waals surface area contributed by atoms with Gasteiger partial charge in [0, 0.05) is 23.6 Å². The molecule has 0 aliphatic carbocycles. The molecule has 0 saturated carbocycles. The van der Waals surface area contributed by atoms with E-state index in [1.807, 2.05) is 19.1 Å². The summed E-state index contributed by atoms with van der Waals surface area (Å²) in [6, 6.07) is 5.22. The quantitative estimate of drug-likeness (QED) is 0.853. The van der Waals surface area contributed by atoms with Crippen molar-refractivity contribution in [2.24, 2.45) is 11.7 Å². The molecule has 0 aromatic heterocycles. The van der Waals surface area contributed by atoms with Crippen molar-refractivity contribution >= 4 is 38.4 Å². The molecule has 4 nitrogen and oxygen atoms in total. The van der Waals surface area contributed by atoms with Gasteiger partial charge in [0.25, 0.3) is 0 Å². The standard InChI is InChI=1S/C14H21BrN2O2S.ClH/c1-10-3-4-14(13(15)8-10)20(18,19)17-6-5-11(2)7-12(17)9-16;/h3-4,8,11-12H,5-7,9,16H2,1-2H3;1H. The van der Waals surface area contributed by atoms with Crippen molar-refractivity contribution in [3.63, 3.8) is 0 Å². The first-order chi connectivity index (χ1) is 9.36. The molecule has 0 amide bonds. The van der Waals surface area contributed by atoms with E-state index in [0.29, 0.717) is 28.4 Å². The molecule has 1 aliphatic rings. The number of benzene rings is 1. The van der Waals surface area contributed by atoms with Gasteiger partial charge >= 0.3 is 0 Å². The first-order valence-electron chi connectivity index (χ1n) is 6.84. The minimum Gasteiger partial charge on any atom is -0.329 e. The molecule has 1 aliphatic heterocycles. The molecule has 1 aromatic carbocycles. The van der Waals surface area contributed by atoms with Gasteiger partial charge in [-0.2, -0.15) is 4.31 Å². The normalized spacial score (nSPS) is 23.6. The number of rotatable bonds is 3. The summed E-state index contributed by atoms with van der Waals surface area (Å²) >= 11 is 3.37. The average Bonchev–Trinajstić information content (AvgIpc) is 2.37. The lowest BCUT2D eigenvalue weighted by Crippen LogP contribution is -2.49. The summed E-state index contributed by atoms with van der Waals surface area (Å²) in [6.45, 7) is 5.00. The van der Waals surface area contributed by atoms with Crippen molar-refractivity contribution in [1.82, 2.24) is 4.31 Å². The Balaban J connectivity index is 0.00000220. The number of piperidine rings is 1. The van der Waals surface area contributed by atoms with Gasteiger partial charge in [0.1, 0.15) is 0 Å². The number of sulfonamides is 1. The third kappa shape index (κ3) is 3.99. The molecule has 21 heavy (non-hydrogen) atoms. The summed E-state index contributed by atoms with van der Waals surface area (Å²) in [6.07, 6.45) is 1.72. The molecule has 2 rings (SSSR count). The van der Waals surface area contributed by atoms with Crippen LogP contribution in [0.5, 0.6) is 0 Å². The van der Waals surface area contributed by atoms with Gasteiger partial charge < -0.3 is 5.73 Å². The van der Waals surface area contributed by atoms with Crippen LogP contribution >= 0.6 is 28.3 Å². The predicted octanol–water partition coefficient (Wildman–Crippen LogP) is 2.93. The van der Waals surface area contributed by atoms with Crippen molar-refractivity contribution in [2.45, 2.75) is 37.6 Å². The first-order valence-corrected chi connectivity index (χ1v) is 9.07. The maximum Gasteiger partial charge on any atom is 0.244 e. The highest BCUT2D eigenvalue weighted by Crippen LogP contribution is 2.31. The molecule has 0 bridgehead atoms. The summed E-state index contributed by atoms with van der Waals surface area (Å²) in [7, 11) is -3.49. The van der Waals surface area contributed by atoms with Gasteiger partial charge in [-0.3, -0.25) is 0 Å². The van der Waals surface area contributed by atoms with E-state index < -0.39 is 10.0 Å². The van der Waals surface area contributed by atoms with Crippen LogP contribution in [-0.4, -0.2) is 31.9 Å². The van der Waals surface area contributed by atoms with Crippen molar-refractivity contribution in [2.75, 3.05) is 13.1 Å². The SMILES string of the molecule is Cc1ccc(S(=O)(=O)N2CCC(C)CC2CN)c(Br)c1.Cl. The molecule has 1 fully saturated rings. The summed E-state index contributed by atoms with van der Waals surface area (Å²) in [5.41, 5.74) is 6.80. The van der Waals surface area contributed by atoms with Gasteiger partial charge in [0.15, 0.2) is 0 Å². The van der Waals surface area contributed by atoms with E-state index in [1.165, 1.54) is 0 Å². The van der Waals surface area contributed by atoms with Crippen LogP contribution < -0.4 is 5.73 Å². The van der Waals surface area contributed by atoms with Crippen molar-refractivity contribution in [3.8, 4) is 0 Å². The average molecular weight is 398 g/mol. The Labute approximate surface area is 141 Å². The zero-order valence-electron chi connectivity index (χ0n) is 12.3. The van der Waals surface area contributed by atoms with E-state index in [4.69, 9.17) is 5.73 Å². The van der Waals surface area contributed by atoms with E-state index in [1.54, 1.807) is 10.4 Å². The monoisotopic (exact) mass is 396 g/mol. The van der Waals surface area contributed by atoms with Crippen molar-refractivity contribution in [3.05, 3.63) is 28.2 Å². The Morgan fingerprint density at radius 1 is 1.43 bits per heavy atom. The van der Waals surface area contributed by atoms with Gasteiger partial charge in [0.2, 0.25) is 10.0 Å². The molecule has 1 heterocycles. The second-order valence-electron chi connectivity index (χ2n) is 5.57. The highest BCUT2D eigenvalue weighted by atomic mass is 79.9. The summed E-state index contributed by atoms with van der Waals surface area (Å²) < 4.78 is 27.9. The number of nitrogens with two attached hydrogens (primary N) is 1. The Bertz CT molecular complexity index is 595. The summed E-state index contributed by atoms with van der Waals surface area (Å²) in [5, 5.41) is 0. The number of nitrogens with zero attached hydrogens (tertiary/aromatic N) is 1. The Kier molecular flexibility index (Phi) is 6.68. The maximum atomic E-state index is 12.8. The van der Waals surface area contributed by atoms with Gasteiger partial charge in [-0.1, -0.05) is 13.0 Å². The highest BCUT2D eigenvalue weighted by Gasteiger charge is 2.35. The lowest BCUT2D eigenvalue weighted by atomic mass is 9.94. The van der Waals surface area contributed by atoms with Crippen LogP contribution in [0.1, 0.15) is 25.3 Å². The molecular formula is C14H22BrClN2O2S. The number of hydrogen-bond donors (Lipinski definition) is 1. The van der Waals surface area contributed by atoms with Crippen molar-refractivity contribution < 1.29 is 8.42 Å². The fourth-order valence-corrected chi connectivity index (χ4v) is 5.52. The Morgan fingerprint density at radius 2 is 2.10 bits per heavy atom. The predicted molar refractivity (Wildman–Crippen MR) is 91.3 cm³/mol. The lowest BCUT2D eigenvalue weighted by Gasteiger charge is -2.37. The van der Waals surface area contributed by atoms with Crippen LogP contribution in [0.3, 0.4) is 0 Å². The zero-order valence-corrected chi connectivity index (χ0v) is 15.5. The van der Waals surface area contributed by atoms with E-state index >= 15 is 0 Å². The van der Waals surface area contributed by atoms with Gasteiger partial charge in [-0.15, -0.1) is 12.4 Å². The van der Waals surface area contributed by atoms with Crippen molar-refractivity contribution in [1.29, 1.82) is 0 Å². The van der Waals surface area contributed by atoms with Crippen LogP contribution in [0.25, 0.3) is 0 Å². The van der Waals surface area contributed by atoms with Crippen LogP contribution in [0, 0.1) is 12.8 Å². The largest absolute Gasteiger partial charge is 0.329 e. The molecule has 2 atom stereocenters. The first kappa shape index (κ1) is 18.9. The van der Waals surface area contributed by atoms with Crippen LogP contribution in [0.2, 0.25) is 0 Å². The fraction of sp³-hybridized carbons (Fsp3) is 0.571. The topological polar surface area (TPSA) is 63.4 Å². The minimum atomic E-state index is -3.49. The summed E-state index contributed by atoms with van der Waals surface area (Å²) in [4.78, 5) is 0.330. The minimum absolute atomic E-state index is 0. The van der Waals surface area contributed by atoms with Gasteiger partial charge in [0.05, 0.1) is 4.90 Å². The third-order valence-corrected chi connectivity index (χ3v) is 6.80. The second kappa shape index (κ2) is 7.42. The summed E-state index contributed by atoms with van der Waals surface area (Å²) in [5.74, 6) is 0.524. The third-order valence-electron chi connectivity index (χ3n) is 3.87. The molecule has 2 unspecified atom stereocenters. The molecule has 0 spiro atoms. The molecule has 0 radical (unpaired) electrons. The Hall–Kier alpha value is -0.140. The van der Waals surface area contributed by atoms with E-state index in [0.717, 1.165) is 18.4 Å². The molecule has 7 heteroatoms. The van der Waals surface area contributed by atoms with Crippen LogP contribution in [0.15, 0.2) is 27.6 Å². The fourth-order valence-electron chi connectivity index (χ4n) is 2.70. The zero-order chi connectivity index (χ0) is 14.9. The molecule has 2 N–H and O–H groups in total. The van der Waals surface area contributed by atoms with Gasteiger partial charge in [-0.05, 0) is 59.3 Å². The number of halogens is 2. The van der Waals surface area contributed by atoms with Crippen LogP contribution in [0.4, 0.5) is 0 Å².